The minimum atomic E-state index is -0.578. The van der Waals surface area contributed by atoms with Gasteiger partial charge in [0.2, 0.25) is 0 Å². The molecule has 4 atom stereocenters. The van der Waals surface area contributed by atoms with Gasteiger partial charge in [0, 0.05) is 23.6 Å². The van der Waals surface area contributed by atoms with Crippen LogP contribution in [0.3, 0.4) is 0 Å². The normalized spacial score (nSPS) is 33.1. The lowest BCUT2D eigenvalue weighted by Gasteiger charge is -2.64. The smallest absolute Gasteiger partial charge is 0.410 e. The van der Waals surface area contributed by atoms with E-state index in [1.54, 1.807) is 0 Å². The number of nitrogens with one attached hydrogen (secondary N) is 1. The van der Waals surface area contributed by atoms with E-state index in [1.165, 1.54) is 24.6 Å². The first-order chi connectivity index (χ1) is 13.9. The van der Waals surface area contributed by atoms with Crippen molar-refractivity contribution in [2.45, 2.75) is 56.2 Å². The van der Waals surface area contributed by atoms with Crippen molar-refractivity contribution in [2.24, 2.45) is 11.8 Å². The summed E-state index contributed by atoms with van der Waals surface area (Å²) in [6.07, 6.45) is 5.89. The van der Waals surface area contributed by atoms with Crippen LogP contribution in [0, 0.1) is 17.7 Å². The van der Waals surface area contributed by atoms with Crippen molar-refractivity contribution in [3.63, 3.8) is 0 Å². The third-order valence-corrected chi connectivity index (χ3v) is 7.54. The van der Waals surface area contributed by atoms with Crippen molar-refractivity contribution in [1.82, 2.24) is 10.2 Å². The van der Waals surface area contributed by atoms with Gasteiger partial charge in [0.1, 0.15) is 17.7 Å². The third-order valence-electron chi connectivity index (χ3n) is 7.23. The van der Waals surface area contributed by atoms with Gasteiger partial charge in [-0.15, -0.1) is 0 Å². The summed E-state index contributed by atoms with van der Waals surface area (Å²) in [6, 6.07) is 4.46. The molecule has 3 aliphatic carbocycles. The van der Waals surface area contributed by atoms with Gasteiger partial charge in [0.25, 0.3) is 5.91 Å². The Morgan fingerprint density at radius 3 is 2.83 bits per heavy atom. The standard InChI is InChI=1S/C21H24ClFN2O4/c22-16-5-4-13(8-17(16)23)28-11-19(26)24-21-7-6-15(21)14(9-21)18-10-25(20(27)29-18)12-2-1-3-12/h4-5,8,12,14-15,18H,1-3,6-7,9-11H2,(H,24,26)/t14?,15?,18-,21?/m1/s1. The highest BCUT2D eigenvalue weighted by atomic mass is 35.5. The lowest BCUT2D eigenvalue weighted by molar-refractivity contribution is -0.148. The Bertz CT molecular complexity index is 848. The second-order valence-corrected chi connectivity index (χ2v) is 9.15. The molecular formula is C21H24ClFN2O4. The maximum Gasteiger partial charge on any atom is 0.410 e. The van der Waals surface area contributed by atoms with E-state index < -0.39 is 5.82 Å². The molecule has 4 aliphatic rings. The first-order valence-electron chi connectivity index (χ1n) is 10.3. The Labute approximate surface area is 173 Å². The number of benzene rings is 1. The number of fused-ring (bicyclic) bond motifs is 1. The first-order valence-corrected chi connectivity index (χ1v) is 10.7. The summed E-state index contributed by atoms with van der Waals surface area (Å²) in [5.74, 6) is 0.127. The summed E-state index contributed by atoms with van der Waals surface area (Å²) in [6.45, 7) is 0.508. The fourth-order valence-electron chi connectivity index (χ4n) is 5.29. The van der Waals surface area contributed by atoms with Crippen LogP contribution in [-0.2, 0) is 9.53 Å². The second-order valence-electron chi connectivity index (χ2n) is 8.74. The van der Waals surface area contributed by atoms with Gasteiger partial charge in [-0.2, -0.15) is 0 Å². The number of hydrogen-bond donors (Lipinski definition) is 1. The van der Waals surface area contributed by atoms with Crippen LogP contribution in [0.1, 0.15) is 38.5 Å². The quantitative estimate of drug-likeness (QED) is 0.761. The zero-order valence-corrected chi connectivity index (χ0v) is 16.8. The topological polar surface area (TPSA) is 67.9 Å². The molecule has 0 spiro atoms. The maximum absolute atomic E-state index is 13.5. The summed E-state index contributed by atoms with van der Waals surface area (Å²) >= 11 is 5.65. The van der Waals surface area contributed by atoms with Crippen molar-refractivity contribution < 1.29 is 23.5 Å². The van der Waals surface area contributed by atoms with Gasteiger partial charge in [-0.1, -0.05) is 11.6 Å². The van der Waals surface area contributed by atoms with E-state index in [0.29, 0.717) is 24.4 Å². The highest BCUT2D eigenvalue weighted by Crippen LogP contribution is 2.59. The monoisotopic (exact) mass is 422 g/mol. The number of halogens is 2. The maximum atomic E-state index is 13.5. The molecule has 156 valence electrons. The van der Waals surface area contributed by atoms with Crippen LogP contribution in [-0.4, -0.2) is 47.7 Å². The number of carbonyl (C=O) groups excluding carboxylic acids is 2. The number of hydrogen-bond acceptors (Lipinski definition) is 4. The average molecular weight is 423 g/mol. The van der Waals surface area contributed by atoms with Crippen molar-refractivity contribution >= 4 is 23.6 Å². The van der Waals surface area contributed by atoms with Gasteiger partial charge in [-0.05, 0) is 56.6 Å². The fraction of sp³-hybridized carbons (Fsp3) is 0.619. The van der Waals surface area contributed by atoms with Crippen molar-refractivity contribution in [3.8, 4) is 5.75 Å². The Kier molecular flexibility index (Phi) is 4.61. The van der Waals surface area contributed by atoms with Gasteiger partial charge in [0.15, 0.2) is 6.61 Å². The minimum absolute atomic E-state index is 0.0157. The Morgan fingerprint density at radius 1 is 1.38 bits per heavy atom. The Balaban J connectivity index is 1.13. The molecule has 1 N–H and O–H groups in total. The summed E-state index contributed by atoms with van der Waals surface area (Å²) in [5.41, 5.74) is -0.202. The summed E-state index contributed by atoms with van der Waals surface area (Å²) in [4.78, 5) is 26.4. The van der Waals surface area contributed by atoms with Crippen LogP contribution < -0.4 is 10.1 Å². The van der Waals surface area contributed by atoms with Gasteiger partial charge >= 0.3 is 6.09 Å². The highest BCUT2D eigenvalue weighted by molar-refractivity contribution is 6.30. The van der Waals surface area contributed by atoms with Crippen molar-refractivity contribution in [2.75, 3.05) is 13.2 Å². The molecule has 6 nitrogen and oxygen atoms in total. The molecule has 3 unspecified atom stereocenters. The van der Waals surface area contributed by atoms with Crippen LogP contribution in [0.4, 0.5) is 9.18 Å². The van der Waals surface area contributed by atoms with E-state index in [-0.39, 0.29) is 41.0 Å². The summed E-state index contributed by atoms with van der Waals surface area (Å²) < 4.78 is 24.5. The number of rotatable bonds is 6. The number of ether oxygens (including phenoxy) is 2. The zero-order valence-electron chi connectivity index (χ0n) is 16.0. The third kappa shape index (κ3) is 3.23. The molecule has 29 heavy (non-hydrogen) atoms. The predicted molar refractivity (Wildman–Crippen MR) is 103 cm³/mol. The van der Waals surface area contributed by atoms with Crippen LogP contribution in [0.15, 0.2) is 18.2 Å². The second kappa shape index (κ2) is 7.04. The highest BCUT2D eigenvalue weighted by Gasteiger charge is 2.64. The van der Waals surface area contributed by atoms with Crippen molar-refractivity contribution in [1.29, 1.82) is 0 Å². The number of cyclic esters (lactones) is 1. The van der Waals surface area contributed by atoms with E-state index in [1.807, 2.05) is 4.90 Å². The number of nitrogens with zero attached hydrogens (tertiary/aromatic N) is 1. The molecule has 1 heterocycles. The van der Waals surface area contributed by atoms with E-state index in [4.69, 9.17) is 21.1 Å². The summed E-state index contributed by atoms with van der Waals surface area (Å²) in [7, 11) is 0. The van der Waals surface area contributed by atoms with Gasteiger partial charge in [-0.3, -0.25) is 4.79 Å². The zero-order chi connectivity index (χ0) is 20.2. The SMILES string of the molecule is O=C(COc1ccc(Cl)c(F)c1)NC12CCC1C([C@H]1CN(C3CCC3)C(=O)O1)C2. The molecule has 0 bridgehead atoms. The van der Waals surface area contributed by atoms with Crippen LogP contribution in [0.2, 0.25) is 5.02 Å². The Hall–Kier alpha value is -2.02. The van der Waals surface area contributed by atoms with Gasteiger partial charge in [0.05, 0.1) is 11.6 Å². The van der Waals surface area contributed by atoms with Gasteiger partial charge < -0.3 is 19.7 Å². The van der Waals surface area contributed by atoms with Crippen LogP contribution in [0.5, 0.6) is 5.75 Å². The number of carbonyl (C=O) groups is 2. The van der Waals surface area contributed by atoms with E-state index in [0.717, 1.165) is 32.1 Å². The molecule has 2 amide bonds. The molecule has 4 fully saturated rings. The molecule has 0 radical (unpaired) electrons. The summed E-state index contributed by atoms with van der Waals surface area (Å²) in [5, 5.41) is 3.12. The van der Waals surface area contributed by atoms with E-state index >= 15 is 0 Å². The molecule has 1 aromatic carbocycles. The Morgan fingerprint density at radius 2 is 2.21 bits per heavy atom. The minimum Gasteiger partial charge on any atom is -0.484 e. The predicted octanol–water partition coefficient (Wildman–Crippen LogP) is 3.52. The molecule has 1 saturated heterocycles. The van der Waals surface area contributed by atoms with E-state index in [9.17, 15) is 14.0 Å². The molecule has 5 rings (SSSR count). The van der Waals surface area contributed by atoms with Gasteiger partial charge in [-0.25, -0.2) is 9.18 Å². The van der Waals surface area contributed by atoms with E-state index in [2.05, 4.69) is 5.32 Å². The molecule has 1 aromatic rings. The lowest BCUT2D eigenvalue weighted by Crippen LogP contribution is -2.72. The average Bonchev–Trinajstić information content (AvgIpc) is 3.00. The molecule has 0 aromatic heterocycles. The number of amides is 2. The lowest BCUT2D eigenvalue weighted by atomic mass is 9.46. The fourth-order valence-corrected chi connectivity index (χ4v) is 5.40. The molecular weight excluding hydrogens is 399 g/mol. The molecule has 3 saturated carbocycles. The van der Waals surface area contributed by atoms with Crippen LogP contribution in [0.25, 0.3) is 0 Å². The van der Waals surface area contributed by atoms with Crippen LogP contribution >= 0.6 is 11.6 Å². The molecule has 8 heteroatoms. The molecule has 1 aliphatic heterocycles. The largest absolute Gasteiger partial charge is 0.484 e. The van der Waals surface area contributed by atoms with Crippen molar-refractivity contribution in [3.05, 3.63) is 29.0 Å². The first kappa shape index (κ1) is 19.0.